The van der Waals surface area contributed by atoms with Gasteiger partial charge >= 0.3 is 0 Å². The molecule has 10 heteroatoms. The number of amides is 1. The molecule has 0 aliphatic carbocycles. The summed E-state index contributed by atoms with van der Waals surface area (Å²) in [5, 5.41) is 22.6. The number of carbonyl (C=O) groups is 2. The number of Topliss-reactive ketones (excluding diaryl/α,β-unsaturated/α-hetero) is 1. The van der Waals surface area contributed by atoms with Gasteiger partial charge in [0.1, 0.15) is 11.5 Å². The van der Waals surface area contributed by atoms with Crippen LogP contribution < -0.4 is 4.74 Å². The minimum absolute atomic E-state index is 0.106. The third kappa shape index (κ3) is 5.12. The largest absolute Gasteiger partial charge is 0.507 e. The molecule has 2 aromatic carbocycles. The lowest BCUT2D eigenvalue weighted by molar-refractivity contribution is -0.384. The second kappa shape index (κ2) is 10.9. The fourth-order valence-corrected chi connectivity index (χ4v) is 4.19. The van der Waals surface area contributed by atoms with Crippen molar-refractivity contribution in [1.82, 2.24) is 14.5 Å². The number of imidazole rings is 1. The van der Waals surface area contributed by atoms with Crippen molar-refractivity contribution in [3.8, 4) is 5.75 Å². The molecule has 1 N–H and O–H groups in total. The number of aliphatic hydroxyl groups is 1. The summed E-state index contributed by atoms with van der Waals surface area (Å²) in [6.07, 6.45) is 6.45. The number of ether oxygens (including phenoxy) is 1. The summed E-state index contributed by atoms with van der Waals surface area (Å²) in [6.45, 7) is 3.30. The molecule has 0 spiro atoms. The van der Waals surface area contributed by atoms with Crippen LogP contribution in [0.1, 0.15) is 36.9 Å². The van der Waals surface area contributed by atoms with Crippen molar-refractivity contribution < 1.29 is 24.4 Å². The molecule has 1 amide bonds. The van der Waals surface area contributed by atoms with Gasteiger partial charge in [-0.1, -0.05) is 19.1 Å². The first kappa shape index (κ1) is 24.6. The highest BCUT2D eigenvalue weighted by Gasteiger charge is 2.46. The van der Waals surface area contributed by atoms with Gasteiger partial charge in [0, 0.05) is 43.2 Å². The van der Waals surface area contributed by atoms with Crippen molar-refractivity contribution in [3.05, 3.63) is 94.1 Å². The van der Waals surface area contributed by atoms with Crippen molar-refractivity contribution >= 4 is 23.1 Å². The Labute approximate surface area is 207 Å². The Morgan fingerprint density at radius 1 is 1.17 bits per heavy atom. The number of aromatic nitrogens is 2. The Hall–Kier alpha value is -4.47. The van der Waals surface area contributed by atoms with Gasteiger partial charge in [-0.25, -0.2) is 4.98 Å². The van der Waals surface area contributed by atoms with E-state index < -0.39 is 22.7 Å². The Morgan fingerprint density at radius 2 is 1.94 bits per heavy atom. The maximum Gasteiger partial charge on any atom is 0.295 e. The second-order valence-corrected chi connectivity index (χ2v) is 8.37. The Morgan fingerprint density at radius 3 is 2.61 bits per heavy atom. The number of aryl methyl sites for hydroxylation is 1. The van der Waals surface area contributed by atoms with Gasteiger partial charge in [-0.15, -0.1) is 0 Å². The number of likely N-dealkylation sites (tertiary alicyclic amines) is 1. The zero-order valence-corrected chi connectivity index (χ0v) is 19.7. The van der Waals surface area contributed by atoms with Gasteiger partial charge in [-0.3, -0.25) is 19.7 Å². The molecule has 0 unspecified atom stereocenters. The van der Waals surface area contributed by atoms with Crippen LogP contribution in [0.3, 0.4) is 0 Å². The van der Waals surface area contributed by atoms with Crippen LogP contribution in [0.25, 0.3) is 5.76 Å². The van der Waals surface area contributed by atoms with Crippen LogP contribution in [-0.4, -0.2) is 49.3 Å². The van der Waals surface area contributed by atoms with E-state index in [-0.39, 0.29) is 23.6 Å². The molecule has 186 valence electrons. The molecule has 1 saturated heterocycles. The van der Waals surface area contributed by atoms with E-state index in [0.717, 1.165) is 6.42 Å². The monoisotopic (exact) mass is 490 g/mol. The molecule has 10 nitrogen and oxygen atoms in total. The SMILES string of the molecule is CCCOc1ccc(/C(O)=C2\C(=O)C(=O)N(CCCn3ccnc3)[C@@H]2c2cccc([N+](=O)[O-])c2)cc1. The van der Waals surface area contributed by atoms with E-state index in [1.807, 2.05) is 11.5 Å². The summed E-state index contributed by atoms with van der Waals surface area (Å²) in [7, 11) is 0. The van der Waals surface area contributed by atoms with E-state index in [2.05, 4.69) is 4.98 Å². The number of hydrogen-bond acceptors (Lipinski definition) is 7. The highest BCUT2D eigenvalue weighted by atomic mass is 16.6. The van der Waals surface area contributed by atoms with Gasteiger partial charge < -0.3 is 19.3 Å². The van der Waals surface area contributed by atoms with E-state index in [1.54, 1.807) is 49.1 Å². The standard InChI is InChI=1S/C26H26N4O6/c1-2-15-36-21-9-7-18(8-10-21)24(31)22-23(19-5-3-6-20(16-19)30(34)35)29(26(33)25(22)32)13-4-12-28-14-11-27-17-28/h3,5-11,14,16-17,23,31H,2,4,12-13,15H2,1H3/b24-22+/t23-/m1/s1. The molecule has 4 rings (SSSR count). The molecule has 3 aromatic rings. The summed E-state index contributed by atoms with van der Waals surface area (Å²) in [5.74, 6) is -1.33. The molecule has 0 bridgehead atoms. The highest BCUT2D eigenvalue weighted by molar-refractivity contribution is 6.46. The summed E-state index contributed by atoms with van der Waals surface area (Å²) < 4.78 is 7.42. The maximum atomic E-state index is 13.2. The lowest BCUT2D eigenvalue weighted by atomic mass is 9.95. The Bertz CT molecular complexity index is 1280. The molecule has 36 heavy (non-hydrogen) atoms. The average Bonchev–Trinajstić information content (AvgIpc) is 3.50. The third-order valence-corrected chi connectivity index (χ3v) is 5.91. The number of nitro benzene ring substituents is 1. The summed E-state index contributed by atoms with van der Waals surface area (Å²) in [5.41, 5.74) is 0.431. The molecular formula is C26H26N4O6. The van der Waals surface area contributed by atoms with Crippen molar-refractivity contribution in [3.63, 3.8) is 0 Å². The molecule has 0 saturated carbocycles. The average molecular weight is 491 g/mol. The topological polar surface area (TPSA) is 128 Å². The minimum atomic E-state index is -0.969. The molecular weight excluding hydrogens is 464 g/mol. The van der Waals surface area contributed by atoms with E-state index in [9.17, 15) is 24.8 Å². The number of rotatable bonds is 10. The number of nitrogens with zero attached hydrogens (tertiary/aromatic N) is 4. The second-order valence-electron chi connectivity index (χ2n) is 8.37. The number of benzene rings is 2. The molecule has 2 heterocycles. The maximum absolute atomic E-state index is 13.2. The lowest BCUT2D eigenvalue weighted by Crippen LogP contribution is -2.31. The number of carbonyl (C=O) groups excluding carboxylic acids is 2. The van der Waals surface area contributed by atoms with Crippen LogP contribution in [0.2, 0.25) is 0 Å². The first-order chi connectivity index (χ1) is 17.4. The van der Waals surface area contributed by atoms with Crippen molar-refractivity contribution in [2.24, 2.45) is 0 Å². The fourth-order valence-electron chi connectivity index (χ4n) is 4.19. The zero-order valence-electron chi connectivity index (χ0n) is 19.7. The number of non-ortho nitro benzene ring substituents is 1. The molecule has 0 radical (unpaired) electrons. The predicted molar refractivity (Wildman–Crippen MR) is 131 cm³/mol. The number of hydrogen-bond donors (Lipinski definition) is 1. The fraction of sp³-hybridized carbons (Fsp3) is 0.269. The number of ketones is 1. The quantitative estimate of drug-likeness (QED) is 0.149. The first-order valence-electron chi connectivity index (χ1n) is 11.6. The van der Waals surface area contributed by atoms with Crippen molar-refractivity contribution in [2.75, 3.05) is 13.2 Å². The zero-order chi connectivity index (χ0) is 25.7. The van der Waals surface area contributed by atoms with Crippen LogP contribution in [0.4, 0.5) is 5.69 Å². The van der Waals surface area contributed by atoms with E-state index in [0.29, 0.717) is 36.4 Å². The van der Waals surface area contributed by atoms with Gasteiger partial charge in [-0.2, -0.15) is 0 Å². The predicted octanol–water partition coefficient (Wildman–Crippen LogP) is 4.09. The normalized spacial score (nSPS) is 16.9. The Balaban J connectivity index is 1.72. The van der Waals surface area contributed by atoms with Gasteiger partial charge in [0.05, 0.1) is 29.5 Å². The van der Waals surface area contributed by atoms with Crippen LogP contribution in [0.15, 0.2) is 72.8 Å². The van der Waals surface area contributed by atoms with E-state index in [1.165, 1.54) is 23.1 Å². The molecule has 1 atom stereocenters. The number of aliphatic hydroxyl groups excluding tert-OH is 1. The first-order valence-corrected chi connectivity index (χ1v) is 11.6. The molecule has 1 aliphatic rings. The van der Waals surface area contributed by atoms with Gasteiger partial charge in [-0.05, 0) is 42.7 Å². The molecule has 1 fully saturated rings. The van der Waals surface area contributed by atoms with Gasteiger partial charge in [0.15, 0.2) is 0 Å². The van der Waals surface area contributed by atoms with Gasteiger partial charge in [0.25, 0.3) is 17.4 Å². The summed E-state index contributed by atoms with van der Waals surface area (Å²) >= 11 is 0. The third-order valence-electron chi connectivity index (χ3n) is 5.91. The summed E-state index contributed by atoms with van der Waals surface area (Å²) in [6, 6.07) is 11.4. The lowest BCUT2D eigenvalue weighted by Gasteiger charge is -2.25. The Kier molecular flexibility index (Phi) is 7.43. The van der Waals surface area contributed by atoms with Crippen molar-refractivity contribution in [1.29, 1.82) is 0 Å². The number of nitro groups is 1. The van der Waals surface area contributed by atoms with Gasteiger partial charge in [0.2, 0.25) is 0 Å². The highest BCUT2D eigenvalue weighted by Crippen LogP contribution is 2.40. The summed E-state index contributed by atoms with van der Waals surface area (Å²) in [4.78, 5) is 42.4. The minimum Gasteiger partial charge on any atom is -0.507 e. The van der Waals surface area contributed by atoms with Crippen LogP contribution in [0, 0.1) is 10.1 Å². The van der Waals surface area contributed by atoms with Crippen LogP contribution in [-0.2, 0) is 16.1 Å². The van der Waals surface area contributed by atoms with Crippen LogP contribution >= 0.6 is 0 Å². The van der Waals surface area contributed by atoms with Crippen molar-refractivity contribution in [2.45, 2.75) is 32.4 Å². The van der Waals surface area contributed by atoms with Crippen LogP contribution in [0.5, 0.6) is 5.75 Å². The smallest absolute Gasteiger partial charge is 0.295 e. The molecule has 1 aromatic heterocycles. The molecule has 1 aliphatic heterocycles. The van der Waals surface area contributed by atoms with E-state index >= 15 is 0 Å². The van der Waals surface area contributed by atoms with E-state index in [4.69, 9.17) is 4.74 Å².